The highest BCUT2D eigenvalue weighted by atomic mass is 32.2. The van der Waals surface area contributed by atoms with Gasteiger partial charge >= 0.3 is 0 Å². The van der Waals surface area contributed by atoms with Crippen molar-refractivity contribution in [1.29, 1.82) is 0 Å². The molecule has 0 saturated carbocycles. The number of hydrogen-bond donors (Lipinski definition) is 4. The lowest BCUT2D eigenvalue weighted by Crippen LogP contribution is -2.46. The van der Waals surface area contributed by atoms with Gasteiger partial charge in [-0.15, -0.1) is 0 Å². The number of nitrogens with zero attached hydrogens (tertiary/aromatic N) is 1. The quantitative estimate of drug-likeness (QED) is 0.284. The van der Waals surface area contributed by atoms with Gasteiger partial charge in [-0.1, -0.05) is 26.0 Å². The van der Waals surface area contributed by atoms with Crippen molar-refractivity contribution in [2.45, 2.75) is 37.8 Å². The van der Waals surface area contributed by atoms with Gasteiger partial charge in [0.25, 0.3) is 5.91 Å². The third-order valence-corrected chi connectivity index (χ3v) is 7.20. The molecule has 0 unspecified atom stereocenters. The van der Waals surface area contributed by atoms with Gasteiger partial charge in [0.2, 0.25) is 21.7 Å². The molecular formula is C21H31N3O8S. The van der Waals surface area contributed by atoms with Crippen molar-refractivity contribution in [2.24, 2.45) is 5.41 Å². The van der Waals surface area contributed by atoms with Gasteiger partial charge in [-0.2, -0.15) is 4.31 Å². The van der Waals surface area contributed by atoms with Crippen LogP contribution < -0.4 is 10.6 Å². The predicted octanol–water partition coefficient (Wildman–Crippen LogP) is -1.22. The van der Waals surface area contributed by atoms with Crippen LogP contribution in [0.5, 0.6) is 0 Å². The highest BCUT2D eigenvalue weighted by Crippen LogP contribution is 2.19. The standard InChI is InChI=1S/C21H31N3O8S/c1-21(2,14-25)18(27)20(29)22-8-7-17(26)19(28)23-13-15-3-5-16(6-4-15)33(30,31)24-9-11-32-12-10-24/h3-6,18,25,27H,7-14H2,1-2H3,(H,22,29)(H,23,28)/t18-/m0/s1. The zero-order chi connectivity index (χ0) is 24.6. The molecule has 0 aromatic heterocycles. The molecule has 1 saturated heterocycles. The Labute approximate surface area is 193 Å². The van der Waals surface area contributed by atoms with Crippen LogP contribution in [-0.2, 0) is 35.7 Å². The minimum Gasteiger partial charge on any atom is -0.396 e. The molecule has 0 spiro atoms. The number of sulfonamides is 1. The normalized spacial score (nSPS) is 16.1. The molecule has 2 rings (SSSR count). The number of aliphatic hydroxyl groups is 2. The molecule has 1 aliphatic rings. The minimum absolute atomic E-state index is 0.0260. The second-order valence-corrected chi connectivity index (χ2v) is 10.3. The number of aliphatic hydroxyl groups excluding tert-OH is 2. The first-order valence-corrected chi connectivity index (χ1v) is 12.0. The fourth-order valence-corrected chi connectivity index (χ4v) is 4.35. The first-order chi connectivity index (χ1) is 15.5. The van der Waals surface area contributed by atoms with Crippen molar-refractivity contribution in [2.75, 3.05) is 39.5 Å². The number of nitrogens with one attached hydrogen (secondary N) is 2. The third kappa shape index (κ3) is 7.30. The van der Waals surface area contributed by atoms with Gasteiger partial charge in [0.1, 0.15) is 6.10 Å². The summed E-state index contributed by atoms with van der Waals surface area (Å²) in [4.78, 5) is 36.0. The van der Waals surface area contributed by atoms with Gasteiger partial charge < -0.3 is 25.6 Å². The van der Waals surface area contributed by atoms with Gasteiger partial charge in [0.15, 0.2) is 0 Å². The molecule has 1 aliphatic heterocycles. The number of benzene rings is 1. The molecule has 12 heteroatoms. The molecule has 184 valence electrons. The Balaban J connectivity index is 1.79. The Hall–Kier alpha value is -2.38. The van der Waals surface area contributed by atoms with Crippen LogP contribution in [0.3, 0.4) is 0 Å². The van der Waals surface area contributed by atoms with Crippen LogP contribution in [0, 0.1) is 5.41 Å². The van der Waals surface area contributed by atoms with Crippen molar-refractivity contribution in [3.63, 3.8) is 0 Å². The smallest absolute Gasteiger partial charge is 0.287 e. The van der Waals surface area contributed by atoms with Crippen molar-refractivity contribution in [3.05, 3.63) is 29.8 Å². The highest BCUT2D eigenvalue weighted by Gasteiger charge is 2.33. The average Bonchev–Trinajstić information content (AvgIpc) is 2.82. The second kappa shape index (κ2) is 11.7. The Morgan fingerprint density at radius 3 is 2.30 bits per heavy atom. The summed E-state index contributed by atoms with van der Waals surface area (Å²) in [6, 6.07) is 6.01. The lowest BCUT2D eigenvalue weighted by Gasteiger charge is -2.27. The highest BCUT2D eigenvalue weighted by molar-refractivity contribution is 7.89. The third-order valence-electron chi connectivity index (χ3n) is 5.28. The first kappa shape index (κ1) is 26.9. The van der Waals surface area contributed by atoms with E-state index in [-0.39, 0.29) is 24.4 Å². The summed E-state index contributed by atoms with van der Waals surface area (Å²) in [7, 11) is -3.61. The molecule has 2 amide bonds. The molecule has 1 atom stereocenters. The van der Waals surface area contributed by atoms with Crippen LogP contribution in [-0.4, -0.2) is 86.1 Å². The van der Waals surface area contributed by atoms with Crippen LogP contribution in [0.1, 0.15) is 25.8 Å². The van der Waals surface area contributed by atoms with Crippen LogP contribution in [0.25, 0.3) is 0 Å². The zero-order valence-corrected chi connectivity index (χ0v) is 19.6. The van der Waals surface area contributed by atoms with E-state index in [1.165, 1.54) is 30.3 Å². The second-order valence-electron chi connectivity index (χ2n) is 8.36. The number of rotatable bonds is 11. The Morgan fingerprint density at radius 2 is 1.73 bits per heavy atom. The van der Waals surface area contributed by atoms with Crippen LogP contribution >= 0.6 is 0 Å². The first-order valence-electron chi connectivity index (χ1n) is 10.5. The van der Waals surface area contributed by atoms with E-state index >= 15 is 0 Å². The van der Waals surface area contributed by atoms with Crippen molar-refractivity contribution < 1.29 is 37.8 Å². The van der Waals surface area contributed by atoms with Crippen molar-refractivity contribution >= 4 is 27.6 Å². The fourth-order valence-electron chi connectivity index (χ4n) is 2.95. The molecule has 0 aliphatic carbocycles. The number of hydrogen-bond acceptors (Lipinski definition) is 8. The molecule has 1 aromatic carbocycles. The Morgan fingerprint density at radius 1 is 1.12 bits per heavy atom. The summed E-state index contributed by atoms with van der Waals surface area (Å²) in [6.45, 7) is 3.80. The number of ether oxygens (including phenoxy) is 1. The summed E-state index contributed by atoms with van der Waals surface area (Å²) in [6.07, 6.45) is -1.72. The minimum atomic E-state index is -3.61. The van der Waals surface area contributed by atoms with E-state index in [0.29, 0.717) is 31.9 Å². The number of Topliss-reactive ketones (excluding diaryl/α,β-unsaturated/α-hetero) is 1. The maximum atomic E-state index is 12.6. The van der Waals surface area contributed by atoms with Gasteiger partial charge in [-0.05, 0) is 17.7 Å². The van der Waals surface area contributed by atoms with Crippen molar-refractivity contribution in [3.8, 4) is 0 Å². The van der Waals surface area contributed by atoms with E-state index in [0.717, 1.165) is 0 Å². The van der Waals surface area contributed by atoms with E-state index in [2.05, 4.69) is 10.6 Å². The summed E-state index contributed by atoms with van der Waals surface area (Å²) >= 11 is 0. The number of carbonyl (C=O) groups excluding carboxylic acids is 3. The Kier molecular flexibility index (Phi) is 9.49. The summed E-state index contributed by atoms with van der Waals surface area (Å²) in [5, 5.41) is 23.9. The van der Waals surface area contributed by atoms with Crippen molar-refractivity contribution in [1.82, 2.24) is 14.9 Å². The van der Waals surface area contributed by atoms with E-state index in [1.54, 1.807) is 12.1 Å². The summed E-state index contributed by atoms with van der Waals surface area (Å²) in [5.41, 5.74) is -0.428. The number of carbonyl (C=O) groups is 3. The molecule has 1 heterocycles. The summed E-state index contributed by atoms with van der Waals surface area (Å²) in [5.74, 6) is -2.34. The van der Waals surface area contributed by atoms with E-state index in [4.69, 9.17) is 4.74 Å². The van der Waals surface area contributed by atoms with Gasteiger partial charge in [-0.25, -0.2) is 8.42 Å². The lowest BCUT2D eigenvalue weighted by molar-refractivity contribution is -0.139. The predicted molar refractivity (Wildman–Crippen MR) is 117 cm³/mol. The van der Waals surface area contributed by atoms with Crippen LogP contribution in [0.4, 0.5) is 0 Å². The summed E-state index contributed by atoms with van der Waals surface area (Å²) < 4.78 is 31.8. The maximum absolute atomic E-state index is 12.6. The monoisotopic (exact) mass is 485 g/mol. The molecule has 1 fully saturated rings. The molecule has 4 N–H and O–H groups in total. The van der Waals surface area contributed by atoms with E-state index < -0.39 is 45.7 Å². The van der Waals surface area contributed by atoms with Crippen LogP contribution in [0.2, 0.25) is 0 Å². The van der Waals surface area contributed by atoms with Gasteiger partial charge in [0, 0.05) is 38.0 Å². The zero-order valence-electron chi connectivity index (χ0n) is 18.7. The molecule has 0 radical (unpaired) electrons. The van der Waals surface area contributed by atoms with Gasteiger partial charge in [0.05, 0.1) is 24.7 Å². The maximum Gasteiger partial charge on any atom is 0.287 e. The SMILES string of the molecule is CC(C)(CO)[C@@H](O)C(=O)NCCC(=O)C(=O)NCc1ccc(S(=O)(=O)N2CCOCC2)cc1. The largest absolute Gasteiger partial charge is 0.396 e. The molecule has 1 aromatic rings. The topological polar surface area (TPSA) is 162 Å². The number of ketones is 1. The fraction of sp³-hybridized carbons (Fsp3) is 0.571. The molecule has 33 heavy (non-hydrogen) atoms. The molecule has 11 nitrogen and oxygen atoms in total. The Bertz CT molecular complexity index is 941. The lowest BCUT2D eigenvalue weighted by atomic mass is 9.87. The molecule has 0 bridgehead atoms. The number of morpholine rings is 1. The number of amides is 2. The van der Waals surface area contributed by atoms with E-state index in [1.807, 2.05) is 0 Å². The molecular weight excluding hydrogens is 454 g/mol. The average molecular weight is 486 g/mol. The van der Waals surface area contributed by atoms with E-state index in [9.17, 15) is 33.0 Å². The van der Waals surface area contributed by atoms with Crippen LogP contribution in [0.15, 0.2) is 29.2 Å². The van der Waals surface area contributed by atoms with Gasteiger partial charge in [-0.3, -0.25) is 14.4 Å².